The second kappa shape index (κ2) is 7.64. The topological polar surface area (TPSA) is 52.6 Å². The third kappa shape index (κ3) is 3.82. The number of halogens is 1. The Labute approximate surface area is 165 Å². The summed E-state index contributed by atoms with van der Waals surface area (Å²) in [5.41, 5.74) is 3.35. The lowest BCUT2D eigenvalue weighted by molar-refractivity contribution is -0.120. The Hall–Kier alpha value is -2.24. The van der Waals surface area contributed by atoms with Crippen LogP contribution in [0.25, 0.3) is 0 Å². The predicted molar refractivity (Wildman–Crippen MR) is 108 cm³/mol. The summed E-state index contributed by atoms with van der Waals surface area (Å²) in [6, 6.07) is 12.3. The molecule has 148 valence electrons. The maximum absolute atomic E-state index is 13.2. The molecule has 2 N–H and O–H groups in total. The van der Waals surface area contributed by atoms with Gasteiger partial charge in [-0.25, -0.2) is 4.39 Å². The van der Waals surface area contributed by atoms with Crippen molar-refractivity contribution in [3.05, 3.63) is 65.0 Å². The largest absolute Gasteiger partial charge is 0.385 e. The number of carbonyl (C=O) groups excluding carboxylic acids is 1. The van der Waals surface area contributed by atoms with Crippen molar-refractivity contribution in [3.63, 3.8) is 0 Å². The van der Waals surface area contributed by atoms with Crippen LogP contribution in [-0.2, 0) is 23.2 Å². The number of likely N-dealkylation sites (tertiary alicyclic amines) is 1. The smallest absolute Gasteiger partial charge is 0.238 e. The van der Waals surface area contributed by atoms with Gasteiger partial charge < -0.3 is 10.4 Å². The first-order valence-electron chi connectivity index (χ1n) is 10.1. The number of nitrogens with one attached hydrogen (secondary N) is 1. The normalized spacial score (nSPS) is 24.8. The van der Waals surface area contributed by atoms with Gasteiger partial charge in [-0.3, -0.25) is 9.69 Å². The number of anilines is 1. The van der Waals surface area contributed by atoms with Crippen molar-refractivity contribution >= 4 is 11.6 Å². The number of piperidine rings is 1. The zero-order valence-corrected chi connectivity index (χ0v) is 16.2. The van der Waals surface area contributed by atoms with Gasteiger partial charge in [-0.05, 0) is 66.6 Å². The molecule has 0 saturated carbocycles. The zero-order chi connectivity index (χ0) is 19.7. The lowest BCUT2D eigenvalue weighted by Crippen LogP contribution is -2.50. The van der Waals surface area contributed by atoms with Crippen LogP contribution in [0.2, 0.25) is 0 Å². The van der Waals surface area contributed by atoms with Gasteiger partial charge >= 0.3 is 0 Å². The lowest BCUT2D eigenvalue weighted by Gasteiger charge is -2.43. The van der Waals surface area contributed by atoms with Crippen LogP contribution in [0.1, 0.15) is 36.5 Å². The fourth-order valence-corrected chi connectivity index (χ4v) is 4.57. The van der Waals surface area contributed by atoms with Gasteiger partial charge in [0.25, 0.3) is 0 Å². The molecule has 2 aromatic rings. The average molecular weight is 382 g/mol. The molecule has 0 bridgehead atoms. The minimum absolute atomic E-state index is 0.0302. The Morgan fingerprint density at radius 1 is 1.21 bits per heavy atom. The van der Waals surface area contributed by atoms with Gasteiger partial charge in [0.05, 0.1) is 12.1 Å². The van der Waals surface area contributed by atoms with Gasteiger partial charge in [-0.2, -0.15) is 0 Å². The summed E-state index contributed by atoms with van der Waals surface area (Å²) in [5, 5.41) is 14.1. The van der Waals surface area contributed by atoms with Crippen LogP contribution in [0.4, 0.5) is 10.1 Å². The van der Waals surface area contributed by atoms with Crippen LogP contribution in [-0.4, -0.2) is 35.5 Å². The molecule has 1 fully saturated rings. The Kier molecular flexibility index (Phi) is 5.21. The van der Waals surface area contributed by atoms with Crippen LogP contribution in [0.15, 0.2) is 42.5 Å². The summed E-state index contributed by atoms with van der Waals surface area (Å²) in [6.07, 6.45) is 3.93. The number of rotatable bonds is 4. The van der Waals surface area contributed by atoms with E-state index in [0.717, 1.165) is 24.1 Å². The highest BCUT2D eigenvalue weighted by Crippen LogP contribution is 2.37. The highest BCUT2D eigenvalue weighted by atomic mass is 19.1. The molecule has 1 aliphatic carbocycles. The fraction of sp³-hybridized carbons (Fsp3) is 0.435. The number of aliphatic hydroxyl groups is 1. The highest BCUT2D eigenvalue weighted by molar-refractivity contribution is 5.92. The van der Waals surface area contributed by atoms with Gasteiger partial charge in [0.2, 0.25) is 5.91 Å². The molecule has 4 nitrogen and oxygen atoms in total. The molecule has 1 saturated heterocycles. The quantitative estimate of drug-likeness (QED) is 0.851. The Balaban J connectivity index is 1.35. The number of nitrogens with zero attached hydrogens (tertiary/aromatic N) is 1. The first-order valence-corrected chi connectivity index (χ1v) is 10.1. The molecule has 2 aliphatic rings. The molecule has 2 aromatic carbocycles. The van der Waals surface area contributed by atoms with Crippen LogP contribution in [0.5, 0.6) is 0 Å². The van der Waals surface area contributed by atoms with E-state index >= 15 is 0 Å². The maximum atomic E-state index is 13.2. The van der Waals surface area contributed by atoms with Crippen molar-refractivity contribution < 1.29 is 14.3 Å². The number of amides is 1. The fourth-order valence-electron chi connectivity index (χ4n) is 4.57. The molecule has 0 unspecified atom stereocenters. The van der Waals surface area contributed by atoms with Gasteiger partial charge in [0.1, 0.15) is 5.82 Å². The Bertz CT molecular complexity index is 867. The first-order chi connectivity index (χ1) is 13.4. The SMILES string of the molecule is C[C@@H]1CN(CC(=O)Nc2ccc3c(c2)CCC3)CC[C@@]1(O)c1ccc(F)cc1. The van der Waals surface area contributed by atoms with Crippen molar-refractivity contribution in [1.29, 1.82) is 0 Å². The molecule has 1 heterocycles. The number of fused-ring (bicyclic) bond motifs is 1. The summed E-state index contributed by atoms with van der Waals surface area (Å²) in [7, 11) is 0. The van der Waals surface area contributed by atoms with Crippen molar-refractivity contribution in [2.45, 2.75) is 38.2 Å². The maximum Gasteiger partial charge on any atom is 0.238 e. The monoisotopic (exact) mass is 382 g/mol. The number of hydrogen-bond acceptors (Lipinski definition) is 3. The molecule has 2 atom stereocenters. The first kappa shape index (κ1) is 19.1. The van der Waals surface area contributed by atoms with Gasteiger partial charge in [-0.1, -0.05) is 25.1 Å². The van der Waals surface area contributed by atoms with Crippen LogP contribution >= 0.6 is 0 Å². The van der Waals surface area contributed by atoms with Crippen molar-refractivity contribution in [3.8, 4) is 0 Å². The Morgan fingerprint density at radius 2 is 1.96 bits per heavy atom. The second-order valence-corrected chi connectivity index (χ2v) is 8.20. The molecule has 0 radical (unpaired) electrons. The van der Waals surface area contributed by atoms with E-state index in [9.17, 15) is 14.3 Å². The van der Waals surface area contributed by atoms with Crippen molar-refractivity contribution in [2.24, 2.45) is 5.92 Å². The van der Waals surface area contributed by atoms with Crippen LogP contribution in [0, 0.1) is 11.7 Å². The van der Waals surface area contributed by atoms with E-state index in [1.807, 2.05) is 13.0 Å². The molecule has 5 heteroatoms. The van der Waals surface area contributed by atoms with Gasteiger partial charge in [0, 0.05) is 24.7 Å². The van der Waals surface area contributed by atoms with Crippen LogP contribution < -0.4 is 5.32 Å². The van der Waals surface area contributed by atoms with Gasteiger partial charge in [-0.15, -0.1) is 0 Å². The molecule has 28 heavy (non-hydrogen) atoms. The predicted octanol–water partition coefficient (Wildman–Crippen LogP) is 3.48. The van der Waals surface area contributed by atoms with Crippen molar-refractivity contribution in [2.75, 3.05) is 25.0 Å². The van der Waals surface area contributed by atoms with Crippen LogP contribution in [0.3, 0.4) is 0 Å². The standard InChI is InChI=1S/C23H27FN2O2/c1-16-14-26(12-11-23(16,28)19-6-8-20(24)9-7-19)15-22(27)25-21-10-5-17-3-2-4-18(17)13-21/h5-10,13,16,28H,2-4,11-12,14-15H2,1H3,(H,25,27)/t16-,23+/m1/s1. The average Bonchev–Trinajstić information content (AvgIpc) is 3.13. The van der Waals surface area contributed by atoms with E-state index in [2.05, 4.69) is 22.3 Å². The third-order valence-corrected chi connectivity index (χ3v) is 6.25. The molecule has 1 aliphatic heterocycles. The summed E-state index contributed by atoms with van der Waals surface area (Å²) < 4.78 is 13.2. The summed E-state index contributed by atoms with van der Waals surface area (Å²) in [5.74, 6) is -0.391. The molecular weight excluding hydrogens is 355 g/mol. The number of carbonyl (C=O) groups is 1. The number of aryl methyl sites for hydroxylation is 2. The van der Waals surface area contributed by atoms with E-state index in [0.29, 0.717) is 26.1 Å². The highest BCUT2D eigenvalue weighted by Gasteiger charge is 2.40. The molecule has 1 amide bonds. The van der Waals surface area contributed by atoms with Gasteiger partial charge in [0.15, 0.2) is 0 Å². The number of benzene rings is 2. The molecule has 4 rings (SSSR count). The summed E-state index contributed by atoms with van der Waals surface area (Å²) >= 11 is 0. The van der Waals surface area contributed by atoms with E-state index in [1.54, 1.807) is 12.1 Å². The summed E-state index contributed by atoms with van der Waals surface area (Å²) in [4.78, 5) is 14.6. The van der Waals surface area contributed by atoms with E-state index in [4.69, 9.17) is 0 Å². The third-order valence-electron chi connectivity index (χ3n) is 6.25. The summed E-state index contributed by atoms with van der Waals surface area (Å²) in [6.45, 7) is 3.52. The van der Waals surface area contributed by atoms with E-state index in [1.165, 1.54) is 29.7 Å². The lowest BCUT2D eigenvalue weighted by atomic mass is 9.77. The molecule has 0 spiro atoms. The number of hydrogen-bond donors (Lipinski definition) is 2. The minimum atomic E-state index is -0.985. The zero-order valence-electron chi connectivity index (χ0n) is 16.2. The second-order valence-electron chi connectivity index (χ2n) is 8.20. The minimum Gasteiger partial charge on any atom is -0.385 e. The van der Waals surface area contributed by atoms with Crippen molar-refractivity contribution in [1.82, 2.24) is 4.90 Å². The molecular formula is C23H27FN2O2. The molecule has 0 aromatic heterocycles. The van der Waals surface area contributed by atoms with E-state index < -0.39 is 5.60 Å². The van der Waals surface area contributed by atoms with E-state index in [-0.39, 0.29) is 17.6 Å². The Morgan fingerprint density at radius 3 is 2.71 bits per heavy atom.